The Kier molecular flexibility index (Phi) is 4.97. The summed E-state index contributed by atoms with van der Waals surface area (Å²) in [6, 6.07) is 8.08. The number of methoxy groups -OCH3 is 1. The highest BCUT2D eigenvalue weighted by Gasteiger charge is 2.47. The van der Waals surface area contributed by atoms with Crippen LogP contribution < -0.4 is 0 Å². The van der Waals surface area contributed by atoms with E-state index in [4.69, 9.17) is 13.6 Å². The minimum absolute atomic E-state index is 0.377. The Bertz CT molecular complexity index is 630. The molecule has 2 fully saturated rings. The molecule has 5 heteroatoms. The molecule has 0 bridgehead atoms. The number of hydrogen-bond donors (Lipinski definition) is 0. The molecule has 0 N–H and O–H groups in total. The van der Waals surface area contributed by atoms with Gasteiger partial charge in [-0.15, -0.1) is 0 Å². The molecule has 1 atom stereocenters. The molecule has 2 aromatic heterocycles. The maximum Gasteiger partial charge on any atom is 0.117 e. The molecule has 4 rings (SSSR count). The first kappa shape index (κ1) is 16.9. The maximum absolute atomic E-state index is 5.57. The van der Waals surface area contributed by atoms with Crippen LogP contribution in [0.2, 0.25) is 0 Å². The smallest absolute Gasteiger partial charge is 0.117 e. The largest absolute Gasteiger partial charge is 0.468 e. The van der Waals surface area contributed by atoms with Crippen molar-refractivity contribution >= 4 is 0 Å². The predicted octanol–water partition coefficient (Wildman–Crippen LogP) is 3.23. The second-order valence-electron chi connectivity index (χ2n) is 7.62. The van der Waals surface area contributed by atoms with Gasteiger partial charge in [-0.1, -0.05) is 0 Å². The molecule has 0 saturated carbocycles. The Hall–Kier alpha value is -1.56. The van der Waals surface area contributed by atoms with E-state index in [1.807, 2.05) is 19.2 Å². The minimum atomic E-state index is 0.377. The quantitative estimate of drug-likeness (QED) is 0.805. The van der Waals surface area contributed by atoms with Gasteiger partial charge in [0.05, 0.1) is 32.2 Å². The van der Waals surface area contributed by atoms with Crippen molar-refractivity contribution in [3.05, 3.63) is 48.3 Å². The second-order valence-corrected chi connectivity index (χ2v) is 7.62. The highest BCUT2D eigenvalue weighted by atomic mass is 16.5. The lowest BCUT2D eigenvalue weighted by Crippen LogP contribution is -2.44. The topological polar surface area (TPSA) is 42.0 Å². The number of furan rings is 2. The summed E-state index contributed by atoms with van der Waals surface area (Å²) in [4.78, 5) is 5.06. The molecule has 1 spiro atoms. The lowest BCUT2D eigenvalue weighted by molar-refractivity contribution is 0.0331. The molecule has 25 heavy (non-hydrogen) atoms. The monoisotopic (exact) mass is 344 g/mol. The van der Waals surface area contributed by atoms with Crippen LogP contribution in [0.25, 0.3) is 0 Å². The van der Waals surface area contributed by atoms with E-state index in [9.17, 15) is 0 Å². The summed E-state index contributed by atoms with van der Waals surface area (Å²) in [6.45, 7) is 7.21. The Morgan fingerprint density at radius 3 is 2.24 bits per heavy atom. The van der Waals surface area contributed by atoms with Crippen molar-refractivity contribution in [1.82, 2.24) is 9.80 Å². The predicted molar refractivity (Wildman–Crippen MR) is 95.0 cm³/mol. The van der Waals surface area contributed by atoms with Crippen molar-refractivity contribution < 1.29 is 13.6 Å². The molecule has 0 aliphatic carbocycles. The summed E-state index contributed by atoms with van der Waals surface area (Å²) in [5, 5.41) is 0. The summed E-state index contributed by atoms with van der Waals surface area (Å²) in [6.07, 6.45) is 5.99. The molecule has 2 aromatic rings. The van der Waals surface area contributed by atoms with Crippen molar-refractivity contribution in [2.24, 2.45) is 11.3 Å². The fourth-order valence-corrected chi connectivity index (χ4v) is 4.66. The van der Waals surface area contributed by atoms with E-state index in [2.05, 4.69) is 21.9 Å². The van der Waals surface area contributed by atoms with E-state index in [-0.39, 0.29) is 0 Å². The van der Waals surface area contributed by atoms with Gasteiger partial charge in [-0.3, -0.25) is 9.80 Å². The minimum Gasteiger partial charge on any atom is -0.468 e. The van der Waals surface area contributed by atoms with Crippen molar-refractivity contribution in [3.8, 4) is 0 Å². The zero-order chi connectivity index (χ0) is 17.1. The standard InChI is InChI=1S/C20H28N2O3/c1-23-15-17-12-22(14-19-5-3-11-25-19)16-20(17)6-8-21(9-7-20)13-18-4-2-10-24-18/h2-5,10-11,17H,6-9,12-16H2,1H3. The maximum atomic E-state index is 5.57. The summed E-state index contributed by atoms with van der Waals surface area (Å²) in [5.74, 6) is 2.73. The first-order valence-corrected chi connectivity index (χ1v) is 9.26. The molecule has 5 nitrogen and oxygen atoms in total. The number of hydrogen-bond acceptors (Lipinski definition) is 5. The zero-order valence-corrected chi connectivity index (χ0v) is 15.0. The van der Waals surface area contributed by atoms with Crippen molar-refractivity contribution in [2.75, 3.05) is 39.9 Å². The third-order valence-corrected chi connectivity index (χ3v) is 6.02. The molecule has 0 aromatic carbocycles. The number of piperidine rings is 1. The SMILES string of the molecule is COCC1CN(Cc2ccco2)CC12CCN(Cc1ccco1)CC2. The Labute approximate surface area is 149 Å². The van der Waals surface area contributed by atoms with E-state index >= 15 is 0 Å². The lowest BCUT2D eigenvalue weighted by Gasteiger charge is -2.42. The summed E-state index contributed by atoms with van der Waals surface area (Å²) < 4.78 is 16.6. The van der Waals surface area contributed by atoms with Gasteiger partial charge in [0, 0.05) is 26.1 Å². The third kappa shape index (κ3) is 3.68. The molecule has 0 amide bonds. The van der Waals surface area contributed by atoms with E-state index in [1.54, 1.807) is 12.5 Å². The van der Waals surface area contributed by atoms with E-state index < -0.39 is 0 Å². The van der Waals surface area contributed by atoms with E-state index in [1.165, 1.54) is 12.8 Å². The van der Waals surface area contributed by atoms with Crippen LogP contribution in [0.4, 0.5) is 0 Å². The van der Waals surface area contributed by atoms with Gasteiger partial charge in [0.25, 0.3) is 0 Å². The van der Waals surface area contributed by atoms with Crippen LogP contribution >= 0.6 is 0 Å². The van der Waals surface area contributed by atoms with Crippen LogP contribution in [0.1, 0.15) is 24.4 Å². The molecular weight excluding hydrogens is 316 g/mol. The van der Waals surface area contributed by atoms with Gasteiger partial charge in [0.1, 0.15) is 11.5 Å². The first-order valence-electron chi connectivity index (χ1n) is 9.26. The Morgan fingerprint density at radius 2 is 1.68 bits per heavy atom. The van der Waals surface area contributed by atoms with Crippen LogP contribution in [0, 0.1) is 11.3 Å². The average molecular weight is 344 g/mol. The first-order chi connectivity index (χ1) is 12.3. The van der Waals surface area contributed by atoms with Crippen LogP contribution in [0.3, 0.4) is 0 Å². The summed E-state index contributed by atoms with van der Waals surface area (Å²) >= 11 is 0. The number of likely N-dealkylation sites (tertiary alicyclic amines) is 2. The van der Waals surface area contributed by atoms with Crippen molar-refractivity contribution in [3.63, 3.8) is 0 Å². The highest BCUT2D eigenvalue weighted by Crippen LogP contribution is 2.45. The van der Waals surface area contributed by atoms with Crippen molar-refractivity contribution in [2.45, 2.75) is 25.9 Å². The van der Waals surface area contributed by atoms with Gasteiger partial charge in [-0.05, 0) is 55.6 Å². The molecule has 136 valence electrons. The average Bonchev–Trinajstić information content (AvgIpc) is 3.34. The highest BCUT2D eigenvalue weighted by molar-refractivity contribution is 5.04. The number of nitrogens with zero attached hydrogens (tertiary/aromatic N) is 2. The Balaban J connectivity index is 1.38. The fourth-order valence-electron chi connectivity index (χ4n) is 4.66. The normalized spacial score (nSPS) is 24.3. The van der Waals surface area contributed by atoms with Gasteiger partial charge in [-0.25, -0.2) is 0 Å². The van der Waals surface area contributed by atoms with Crippen LogP contribution in [-0.4, -0.2) is 49.7 Å². The fraction of sp³-hybridized carbons (Fsp3) is 0.600. The molecular formula is C20H28N2O3. The van der Waals surface area contributed by atoms with Gasteiger partial charge in [0.15, 0.2) is 0 Å². The van der Waals surface area contributed by atoms with E-state index in [0.717, 1.165) is 57.4 Å². The molecule has 4 heterocycles. The molecule has 0 radical (unpaired) electrons. The second kappa shape index (κ2) is 7.36. The molecule has 2 aliphatic rings. The zero-order valence-electron chi connectivity index (χ0n) is 15.0. The summed E-state index contributed by atoms with van der Waals surface area (Å²) in [7, 11) is 1.83. The summed E-state index contributed by atoms with van der Waals surface area (Å²) in [5.41, 5.74) is 0.377. The number of rotatable bonds is 6. The molecule has 1 unspecified atom stereocenters. The lowest BCUT2D eigenvalue weighted by atomic mass is 9.71. The Morgan fingerprint density at radius 1 is 1.04 bits per heavy atom. The van der Waals surface area contributed by atoms with Crippen molar-refractivity contribution in [1.29, 1.82) is 0 Å². The van der Waals surface area contributed by atoms with Gasteiger partial charge >= 0.3 is 0 Å². The van der Waals surface area contributed by atoms with Gasteiger partial charge < -0.3 is 13.6 Å². The van der Waals surface area contributed by atoms with E-state index in [0.29, 0.717) is 11.3 Å². The van der Waals surface area contributed by atoms with Gasteiger partial charge in [-0.2, -0.15) is 0 Å². The molecule has 2 aliphatic heterocycles. The molecule has 2 saturated heterocycles. The number of ether oxygens (including phenoxy) is 1. The third-order valence-electron chi connectivity index (χ3n) is 6.02. The van der Waals surface area contributed by atoms with Crippen LogP contribution in [-0.2, 0) is 17.8 Å². The van der Waals surface area contributed by atoms with Crippen LogP contribution in [0.5, 0.6) is 0 Å². The van der Waals surface area contributed by atoms with Gasteiger partial charge in [0.2, 0.25) is 0 Å². The van der Waals surface area contributed by atoms with Crippen LogP contribution in [0.15, 0.2) is 45.6 Å².